The fraction of sp³-hybridized carbons (Fsp3) is 0.562. The minimum absolute atomic E-state index is 0.00262. The summed E-state index contributed by atoms with van der Waals surface area (Å²) in [5.74, 6) is -1.23. The molecule has 116 valence electrons. The summed E-state index contributed by atoms with van der Waals surface area (Å²) < 4.78 is 13.0. The topological polar surface area (TPSA) is 69.6 Å². The molecule has 0 aliphatic heterocycles. The van der Waals surface area contributed by atoms with Crippen molar-refractivity contribution in [1.82, 2.24) is 5.32 Å². The Bertz CT molecular complexity index is 457. The molecule has 0 spiro atoms. The first kappa shape index (κ1) is 15.9. The summed E-state index contributed by atoms with van der Waals surface area (Å²) in [5, 5.41) is 22.7. The number of aliphatic hydroxyl groups is 1. The Labute approximate surface area is 124 Å². The monoisotopic (exact) mass is 295 g/mol. The molecule has 2 unspecified atom stereocenters. The highest BCUT2D eigenvalue weighted by Crippen LogP contribution is 2.24. The van der Waals surface area contributed by atoms with E-state index in [2.05, 4.69) is 5.32 Å². The molecule has 1 aliphatic rings. The fourth-order valence-electron chi connectivity index (χ4n) is 2.90. The summed E-state index contributed by atoms with van der Waals surface area (Å²) in [6.07, 6.45) is 3.96. The largest absolute Gasteiger partial charge is 0.481 e. The Balaban J connectivity index is 2.04. The number of rotatable bonds is 7. The number of nitrogens with one attached hydrogen (secondary N) is 1. The van der Waals surface area contributed by atoms with Crippen molar-refractivity contribution in [1.29, 1.82) is 0 Å². The summed E-state index contributed by atoms with van der Waals surface area (Å²) in [6, 6.07) is 5.72. The Hall–Kier alpha value is -1.46. The molecule has 0 bridgehead atoms. The quantitative estimate of drug-likeness (QED) is 0.723. The van der Waals surface area contributed by atoms with E-state index in [9.17, 15) is 14.3 Å². The van der Waals surface area contributed by atoms with Gasteiger partial charge in [0.1, 0.15) is 5.82 Å². The smallest absolute Gasteiger partial charge is 0.303 e. The van der Waals surface area contributed by atoms with Crippen LogP contribution >= 0.6 is 0 Å². The molecule has 0 aromatic heterocycles. The van der Waals surface area contributed by atoms with Crippen molar-refractivity contribution in [2.24, 2.45) is 0 Å². The lowest BCUT2D eigenvalue weighted by Crippen LogP contribution is -2.41. The molecule has 1 aliphatic carbocycles. The van der Waals surface area contributed by atoms with Crippen LogP contribution in [-0.2, 0) is 4.79 Å². The zero-order valence-corrected chi connectivity index (χ0v) is 12.0. The maximum atomic E-state index is 13.0. The van der Waals surface area contributed by atoms with E-state index in [4.69, 9.17) is 5.11 Å². The highest BCUT2D eigenvalue weighted by molar-refractivity contribution is 5.66. The average Bonchev–Trinajstić information content (AvgIpc) is 2.96. The van der Waals surface area contributed by atoms with Gasteiger partial charge < -0.3 is 15.5 Å². The number of carbonyl (C=O) groups is 1. The van der Waals surface area contributed by atoms with Gasteiger partial charge in [-0.05, 0) is 37.0 Å². The van der Waals surface area contributed by atoms with Gasteiger partial charge in [-0.3, -0.25) is 4.79 Å². The molecule has 0 saturated heterocycles. The molecule has 5 heteroatoms. The van der Waals surface area contributed by atoms with Gasteiger partial charge >= 0.3 is 5.97 Å². The number of aliphatic carboxylic acids is 1. The van der Waals surface area contributed by atoms with Gasteiger partial charge in [-0.2, -0.15) is 0 Å². The second-order valence-electron chi connectivity index (χ2n) is 5.68. The molecule has 0 amide bonds. The van der Waals surface area contributed by atoms with Gasteiger partial charge in [-0.1, -0.05) is 25.0 Å². The number of carboxylic acid groups (broad SMARTS) is 1. The number of hydrogen-bond acceptors (Lipinski definition) is 3. The van der Waals surface area contributed by atoms with E-state index in [1.807, 2.05) is 0 Å². The van der Waals surface area contributed by atoms with Crippen molar-refractivity contribution < 1.29 is 19.4 Å². The second kappa shape index (κ2) is 7.52. The Morgan fingerprint density at radius 1 is 1.29 bits per heavy atom. The predicted octanol–water partition coefficient (Wildman–Crippen LogP) is 2.62. The van der Waals surface area contributed by atoms with E-state index in [1.165, 1.54) is 12.1 Å². The molecular weight excluding hydrogens is 273 g/mol. The van der Waals surface area contributed by atoms with Gasteiger partial charge in [0.25, 0.3) is 0 Å². The molecule has 2 rings (SSSR count). The molecule has 1 fully saturated rings. The van der Waals surface area contributed by atoms with Crippen LogP contribution in [0.4, 0.5) is 4.39 Å². The molecule has 1 aromatic rings. The van der Waals surface area contributed by atoms with Crippen molar-refractivity contribution in [3.8, 4) is 0 Å². The van der Waals surface area contributed by atoms with E-state index < -0.39 is 12.1 Å². The van der Waals surface area contributed by atoms with Gasteiger partial charge in [-0.15, -0.1) is 0 Å². The van der Waals surface area contributed by atoms with Gasteiger partial charge in [0.2, 0.25) is 0 Å². The van der Waals surface area contributed by atoms with E-state index >= 15 is 0 Å². The Morgan fingerprint density at radius 3 is 2.48 bits per heavy atom. The van der Waals surface area contributed by atoms with Gasteiger partial charge in [0, 0.05) is 18.5 Å². The normalized spacial score (nSPS) is 18.6. The fourth-order valence-corrected chi connectivity index (χ4v) is 2.90. The molecule has 21 heavy (non-hydrogen) atoms. The van der Waals surface area contributed by atoms with E-state index in [0.717, 1.165) is 25.7 Å². The summed E-state index contributed by atoms with van der Waals surface area (Å²) in [5.41, 5.74) is 0.609. The van der Waals surface area contributed by atoms with Crippen LogP contribution in [0.25, 0.3) is 0 Å². The third kappa shape index (κ3) is 4.79. The Morgan fingerprint density at radius 2 is 1.90 bits per heavy atom. The highest BCUT2D eigenvalue weighted by Gasteiger charge is 2.26. The molecule has 4 nitrogen and oxygen atoms in total. The standard InChI is InChI=1S/C16H22FNO3/c17-12-7-5-11(6-8-12)16(21)14(9-10-15(19)20)18-13-3-1-2-4-13/h5-8,13-14,16,18,21H,1-4,9-10H2,(H,19,20). The lowest BCUT2D eigenvalue weighted by Gasteiger charge is -2.27. The van der Waals surface area contributed by atoms with Gasteiger partial charge in [-0.25, -0.2) is 4.39 Å². The van der Waals surface area contributed by atoms with E-state index in [0.29, 0.717) is 18.0 Å². The predicted molar refractivity (Wildman–Crippen MR) is 77.4 cm³/mol. The van der Waals surface area contributed by atoms with Crippen LogP contribution in [0.1, 0.15) is 50.2 Å². The molecule has 1 aromatic carbocycles. The lowest BCUT2D eigenvalue weighted by atomic mass is 9.97. The zero-order valence-electron chi connectivity index (χ0n) is 12.0. The number of carboxylic acids is 1. The summed E-state index contributed by atoms with van der Waals surface area (Å²) in [4.78, 5) is 10.8. The minimum Gasteiger partial charge on any atom is -0.481 e. The zero-order chi connectivity index (χ0) is 15.2. The SMILES string of the molecule is O=C(O)CCC(NC1CCCC1)C(O)c1ccc(F)cc1. The minimum atomic E-state index is -0.875. The first-order chi connectivity index (χ1) is 10.1. The van der Waals surface area contributed by atoms with E-state index in [-0.39, 0.29) is 18.3 Å². The highest BCUT2D eigenvalue weighted by atomic mass is 19.1. The summed E-state index contributed by atoms with van der Waals surface area (Å²) >= 11 is 0. The third-order valence-electron chi connectivity index (χ3n) is 4.07. The number of aliphatic hydroxyl groups excluding tert-OH is 1. The molecule has 2 atom stereocenters. The van der Waals surface area contributed by atoms with Crippen LogP contribution in [-0.4, -0.2) is 28.3 Å². The summed E-state index contributed by atoms with van der Waals surface area (Å²) in [7, 11) is 0. The van der Waals surface area contributed by atoms with Crippen molar-refractivity contribution in [3.05, 3.63) is 35.6 Å². The molecule has 3 N–H and O–H groups in total. The van der Waals surface area contributed by atoms with Crippen LogP contribution in [0.3, 0.4) is 0 Å². The Kier molecular flexibility index (Phi) is 5.70. The van der Waals surface area contributed by atoms with Crippen LogP contribution in [0.15, 0.2) is 24.3 Å². The van der Waals surface area contributed by atoms with Crippen LogP contribution in [0.5, 0.6) is 0 Å². The first-order valence-corrected chi connectivity index (χ1v) is 7.47. The first-order valence-electron chi connectivity index (χ1n) is 7.47. The van der Waals surface area contributed by atoms with Crippen LogP contribution in [0.2, 0.25) is 0 Å². The van der Waals surface area contributed by atoms with E-state index in [1.54, 1.807) is 12.1 Å². The number of halogens is 1. The molecule has 1 saturated carbocycles. The maximum Gasteiger partial charge on any atom is 0.303 e. The van der Waals surface area contributed by atoms with Crippen LogP contribution in [0, 0.1) is 5.82 Å². The lowest BCUT2D eigenvalue weighted by molar-refractivity contribution is -0.137. The van der Waals surface area contributed by atoms with Crippen molar-refractivity contribution >= 4 is 5.97 Å². The number of hydrogen-bond donors (Lipinski definition) is 3. The molecule has 0 radical (unpaired) electrons. The van der Waals surface area contributed by atoms with Crippen molar-refractivity contribution in [2.45, 2.75) is 56.7 Å². The maximum absolute atomic E-state index is 13.0. The van der Waals surface area contributed by atoms with Gasteiger partial charge in [0.05, 0.1) is 6.10 Å². The third-order valence-corrected chi connectivity index (χ3v) is 4.07. The van der Waals surface area contributed by atoms with Crippen molar-refractivity contribution in [2.75, 3.05) is 0 Å². The van der Waals surface area contributed by atoms with Crippen LogP contribution < -0.4 is 5.32 Å². The van der Waals surface area contributed by atoms with Crippen molar-refractivity contribution in [3.63, 3.8) is 0 Å². The second-order valence-corrected chi connectivity index (χ2v) is 5.68. The average molecular weight is 295 g/mol. The molecular formula is C16H22FNO3. The number of benzene rings is 1. The molecule has 0 heterocycles. The van der Waals surface area contributed by atoms with Gasteiger partial charge in [0.15, 0.2) is 0 Å². The summed E-state index contributed by atoms with van der Waals surface area (Å²) in [6.45, 7) is 0.